The second-order valence-electron chi connectivity index (χ2n) is 6.60. The molecule has 0 saturated carbocycles. The molecule has 27 heavy (non-hydrogen) atoms. The molecule has 0 aromatic carbocycles. The molecule has 0 bridgehead atoms. The van der Waals surface area contributed by atoms with E-state index < -0.39 is 0 Å². The molecule has 1 fully saturated rings. The zero-order valence-corrected chi connectivity index (χ0v) is 14.7. The Balaban J connectivity index is 1.36. The van der Waals surface area contributed by atoms with Crippen molar-refractivity contribution in [2.24, 2.45) is 0 Å². The van der Waals surface area contributed by atoms with Crippen molar-refractivity contribution in [2.45, 2.75) is 31.9 Å². The normalized spacial score (nSPS) is 17.4. The van der Waals surface area contributed by atoms with Crippen molar-refractivity contribution in [3.63, 3.8) is 0 Å². The molecule has 0 N–H and O–H groups in total. The van der Waals surface area contributed by atoms with Crippen molar-refractivity contribution in [1.82, 2.24) is 14.7 Å². The fourth-order valence-corrected chi connectivity index (χ4v) is 3.37. The molecule has 0 radical (unpaired) electrons. The van der Waals surface area contributed by atoms with E-state index in [2.05, 4.69) is 10.1 Å². The minimum absolute atomic E-state index is 0.0438. The quantitative estimate of drug-likeness (QED) is 0.511. The van der Waals surface area contributed by atoms with Crippen molar-refractivity contribution in [1.29, 1.82) is 0 Å². The predicted molar refractivity (Wildman–Crippen MR) is 95.8 cm³/mol. The molecule has 1 aliphatic heterocycles. The van der Waals surface area contributed by atoms with E-state index in [0.29, 0.717) is 18.1 Å². The number of hydrogen-bond donors (Lipinski definition) is 0. The van der Waals surface area contributed by atoms with Crippen LogP contribution < -0.4 is 0 Å². The molecule has 7 heteroatoms. The van der Waals surface area contributed by atoms with Gasteiger partial charge in [0.2, 0.25) is 5.76 Å². The fraction of sp³-hybridized carbons (Fsp3) is 0.300. The van der Waals surface area contributed by atoms with Crippen LogP contribution in [0.25, 0.3) is 23.1 Å². The van der Waals surface area contributed by atoms with Gasteiger partial charge in [-0.2, -0.15) is 0 Å². The van der Waals surface area contributed by atoms with E-state index in [4.69, 9.17) is 18.1 Å². The van der Waals surface area contributed by atoms with Gasteiger partial charge in [0, 0.05) is 25.1 Å². The lowest BCUT2D eigenvalue weighted by molar-refractivity contribution is 0.00218. The smallest absolute Gasteiger partial charge is 0.202 e. The molecule has 1 saturated heterocycles. The van der Waals surface area contributed by atoms with Gasteiger partial charge < -0.3 is 22.7 Å². The van der Waals surface area contributed by atoms with E-state index in [1.54, 1.807) is 12.5 Å². The van der Waals surface area contributed by atoms with E-state index in [1.807, 2.05) is 41.1 Å². The molecule has 1 aliphatic rings. The third kappa shape index (κ3) is 3.21. The Morgan fingerprint density at radius 3 is 2.96 bits per heavy atom. The zero-order chi connectivity index (χ0) is 18.1. The Morgan fingerprint density at radius 1 is 1.11 bits per heavy atom. The van der Waals surface area contributed by atoms with Crippen molar-refractivity contribution in [3.8, 4) is 23.1 Å². The lowest BCUT2D eigenvalue weighted by atomic mass is 10.1. The Morgan fingerprint density at radius 2 is 2.11 bits per heavy atom. The fourth-order valence-electron chi connectivity index (χ4n) is 3.37. The molecule has 4 aromatic rings. The standard InChI is InChI=1S/C20H19N3O4/c1-2-10-24-15(4-1)17-6-7-18(26-17)20-21-8-9-23(20)13-14-12-19(27-22-14)16-5-3-11-25-16/h3,5-9,11-12,15H,1-2,4,10,13H2/t15-/m0/s1. The van der Waals surface area contributed by atoms with Crippen LogP contribution in [-0.2, 0) is 11.3 Å². The van der Waals surface area contributed by atoms with Crippen molar-refractivity contribution in [3.05, 3.63) is 60.4 Å². The highest BCUT2D eigenvalue weighted by molar-refractivity contribution is 5.50. The maximum atomic E-state index is 6.04. The third-order valence-corrected chi connectivity index (χ3v) is 4.71. The first kappa shape index (κ1) is 16.1. The first-order chi connectivity index (χ1) is 13.4. The Labute approximate surface area is 155 Å². The Kier molecular flexibility index (Phi) is 4.14. The van der Waals surface area contributed by atoms with Gasteiger partial charge in [0.25, 0.3) is 0 Å². The second-order valence-corrected chi connectivity index (χ2v) is 6.60. The van der Waals surface area contributed by atoms with Gasteiger partial charge in [-0.05, 0) is 43.5 Å². The molecule has 5 rings (SSSR count). The van der Waals surface area contributed by atoms with Crippen LogP contribution in [0.2, 0.25) is 0 Å². The summed E-state index contributed by atoms with van der Waals surface area (Å²) in [4.78, 5) is 4.45. The van der Waals surface area contributed by atoms with Crippen LogP contribution in [-0.4, -0.2) is 21.3 Å². The van der Waals surface area contributed by atoms with E-state index in [9.17, 15) is 0 Å². The summed E-state index contributed by atoms with van der Waals surface area (Å²) in [5.74, 6) is 3.59. The van der Waals surface area contributed by atoms with Gasteiger partial charge in [0.15, 0.2) is 17.3 Å². The Hall–Kier alpha value is -3.06. The molecule has 5 heterocycles. The van der Waals surface area contributed by atoms with Crippen LogP contribution in [0.5, 0.6) is 0 Å². The number of imidazole rings is 1. The monoisotopic (exact) mass is 365 g/mol. The number of rotatable bonds is 5. The molecular weight excluding hydrogens is 346 g/mol. The molecule has 0 aliphatic carbocycles. The van der Waals surface area contributed by atoms with Gasteiger partial charge in [0.1, 0.15) is 17.6 Å². The van der Waals surface area contributed by atoms with Crippen molar-refractivity contribution >= 4 is 0 Å². The molecule has 0 amide bonds. The van der Waals surface area contributed by atoms with E-state index in [1.165, 1.54) is 6.42 Å². The van der Waals surface area contributed by atoms with E-state index in [-0.39, 0.29) is 6.10 Å². The average molecular weight is 365 g/mol. The average Bonchev–Trinajstić information content (AvgIpc) is 3.48. The molecule has 1 atom stereocenters. The van der Waals surface area contributed by atoms with Crippen LogP contribution in [0.15, 0.2) is 62.3 Å². The first-order valence-electron chi connectivity index (χ1n) is 9.09. The highest BCUT2D eigenvalue weighted by atomic mass is 16.5. The lowest BCUT2D eigenvalue weighted by Gasteiger charge is -2.20. The topological polar surface area (TPSA) is 79.4 Å². The van der Waals surface area contributed by atoms with Gasteiger partial charge in [-0.3, -0.25) is 0 Å². The zero-order valence-electron chi connectivity index (χ0n) is 14.7. The number of aromatic nitrogens is 3. The van der Waals surface area contributed by atoms with Crippen LogP contribution >= 0.6 is 0 Å². The molecule has 4 aromatic heterocycles. The third-order valence-electron chi connectivity index (χ3n) is 4.71. The summed E-state index contributed by atoms with van der Waals surface area (Å²) in [6.45, 7) is 1.31. The number of furan rings is 2. The lowest BCUT2D eigenvalue weighted by Crippen LogP contribution is -2.10. The summed E-state index contributed by atoms with van der Waals surface area (Å²) >= 11 is 0. The largest absolute Gasteiger partial charge is 0.461 e. The summed E-state index contributed by atoms with van der Waals surface area (Å²) in [7, 11) is 0. The molecule has 7 nitrogen and oxygen atoms in total. The molecule has 0 spiro atoms. The van der Waals surface area contributed by atoms with Gasteiger partial charge >= 0.3 is 0 Å². The van der Waals surface area contributed by atoms with Crippen LogP contribution in [0.1, 0.15) is 36.8 Å². The summed E-state index contributed by atoms with van der Waals surface area (Å²) in [5.41, 5.74) is 0.781. The number of nitrogens with zero attached hydrogens (tertiary/aromatic N) is 3. The van der Waals surface area contributed by atoms with Crippen molar-refractivity contribution in [2.75, 3.05) is 6.61 Å². The highest BCUT2D eigenvalue weighted by Crippen LogP contribution is 2.32. The van der Waals surface area contributed by atoms with Gasteiger partial charge in [-0.25, -0.2) is 4.98 Å². The summed E-state index contributed by atoms with van der Waals surface area (Å²) in [6.07, 6.45) is 8.58. The summed E-state index contributed by atoms with van der Waals surface area (Å²) in [5, 5.41) is 4.13. The predicted octanol–water partition coefficient (Wildman–Crippen LogP) is 4.68. The van der Waals surface area contributed by atoms with Crippen molar-refractivity contribution < 1.29 is 18.1 Å². The Bertz CT molecular complexity index is 1010. The van der Waals surface area contributed by atoms with E-state index >= 15 is 0 Å². The van der Waals surface area contributed by atoms with Crippen LogP contribution in [0.3, 0.4) is 0 Å². The molecular formula is C20H19N3O4. The van der Waals surface area contributed by atoms with Crippen LogP contribution in [0, 0.1) is 0 Å². The second kappa shape index (κ2) is 6.92. The minimum atomic E-state index is 0.0438. The maximum Gasteiger partial charge on any atom is 0.202 e. The number of ether oxygens (including phenoxy) is 1. The van der Waals surface area contributed by atoms with E-state index in [0.717, 1.165) is 42.5 Å². The maximum absolute atomic E-state index is 6.04. The summed E-state index contributed by atoms with van der Waals surface area (Å²) in [6, 6.07) is 9.45. The van der Waals surface area contributed by atoms with Gasteiger partial charge in [-0.1, -0.05) is 5.16 Å². The highest BCUT2D eigenvalue weighted by Gasteiger charge is 2.21. The SMILES string of the molecule is c1coc(-c2cc(Cn3ccnc3-c3ccc([C@@H]4CCCCO4)o3)no2)c1. The molecule has 138 valence electrons. The number of hydrogen-bond acceptors (Lipinski definition) is 6. The summed E-state index contributed by atoms with van der Waals surface area (Å²) < 4.78 is 24.5. The molecule has 0 unspecified atom stereocenters. The van der Waals surface area contributed by atoms with Crippen LogP contribution in [0.4, 0.5) is 0 Å². The van der Waals surface area contributed by atoms with Gasteiger partial charge in [-0.15, -0.1) is 0 Å². The first-order valence-corrected chi connectivity index (χ1v) is 9.09. The minimum Gasteiger partial charge on any atom is -0.461 e. The van der Waals surface area contributed by atoms with Gasteiger partial charge in [0.05, 0.1) is 12.8 Å².